The molecule has 0 heterocycles. The predicted octanol–water partition coefficient (Wildman–Crippen LogP) is 5.22. The van der Waals surface area contributed by atoms with Crippen LogP contribution in [0.5, 0.6) is 0 Å². The minimum absolute atomic E-state index is 0.106. The first-order valence-electron chi connectivity index (χ1n) is 14.4. The molecule has 272 valence electrons. The lowest BCUT2D eigenvalue weighted by atomic mass is 10.1. The van der Waals surface area contributed by atoms with Gasteiger partial charge in [-0.05, 0) is 79.9 Å². The van der Waals surface area contributed by atoms with Crippen LogP contribution in [0.1, 0.15) is 22.3 Å². The summed E-state index contributed by atoms with van der Waals surface area (Å²) in [5.41, 5.74) is -5.86. The van der Waals surface area contributed by atoms with Gasteiger partial charge in [-0.1, -0.05) is 78.9 Å². The van der Waals surface area contributed by atoms with Gasteiger partial charge >= 0.3 is 32.2 Å². The van der Waals surface area contributed by atoms with Crippen LogP contribution in [0.2, 0.25) is 0 Å². The Kier molecular flexibility index (Phi) is 14.7. The molecule has 5 aromatic rings. The van der Waals surface area contributed by atoms with Crippen LogP contribution in [0, 0.1) is 21.0 Å². The van der Waals surface area contributed by atoms with Crippen LogP contribution < -0.4 is 21.2 Å². The number of rotatable bonds is 7. The van der Waals surface area contributed by atoms with Crippen molar-refractivity contribution in [3.8, 4) is 0 Å². The van der Waals surface area contributed by atoms with E-state index in [2.05, 4.69) is 141 Å². The molecule has 5 rings (SSSR count). The Labute approximate surface area is 305 Å². The van der Waals surface area contributed by atoms with E-state index in [0.717, 1.165) is 6.42 Å². The second-order valence-electron chi connectivity index (χ2n) is 10.5. The molecular formula is C35H29F6IO6S3. The monoisotopic (exact) mass is 882 g/mol. The second kappa shape index (κ2) is 17.9. The molecule has 0 aliphatic carbocycles. The summed E-state index contributed by atoms with van der Waals surface area (Å²) in [6, 6.07) is 47.0. The molecule has 0 spiro atoms. The average molecular weight is 883 g/mol. The van der Waals surface area contributed by atoms with Crippen molar-refractivity contribution >= 4 is 31.1 Å². The highest BCUT2D eigenvalue weighted by Gasteiger charge is 2.37. The highest BCUT2D eigenvalue weighted by molar-refractivity contribution is 7.97. The lowest BCUT2D eigenvalue weighted by Crippen LogP contribution is -3.61. The summed E-state index contributed by atoms with van der Waals surface area (Å²) in [6.07, 6.45) is 0.965. The van der Waals surface area contributed by atoms with E-state index in [9.17, 15) is 26.3 Å². The Morgan fingerprint density at radius 3 is 1.24 bits per heavy atom. The minimum Gasteiger partial charge on any atom is -0.741 e. The Hall–Kier alpha value is -3.42. The van der Waals surface area contributed by atoms with Gasteiger partial charge in [0.05, 0.1) is 10.9 Å². The minimum atomic E-state index is -6.09. The molecule has 0 aliphatic heterocycles. The van der Waals surface area contributed by atoms with E-state index in [1.54, 1.807) is 0 Å². The lowest BCUT2D eigenvalue weighted by Gasteiger charge is -2.12. The van der Waals surface area contributed by atoms with Crippen LogP contribution in [-0.4, -0.2) is 37.0 Å². The van der Waals surface area contributed by atoms with Gasteiger partial charge in [-0.15, -0.1) is 0 Å². The van der Waals surface area contributed by atoms with Crippen LogP contribution >= 0.6 is 0 Å². The van der Waals surface area contributed by atoms with Gasteiger partial charge in [-0.25, -0.2) is 16.8 Å². The van der Waals surface area contributed by atoms with E-state index in [-0.39, 0.29) is 32.1 Å². The van der Waals surface area contributed by atoms with Crippen LogP contribution in [0.4, 0.5) is 26.3 Å². The van der Waals surface area contributed by atoms with Crippen molar-refractivity contribution in [1.29, 1.82) is 0 Å². The Bertz CT molecular complexity index is 2000. The summed E-state index contributed by atoms with van der Waals surface area (Å²) in [7, 11) is -12.3. The van der Waals surface area contributed by atoms with Crippen molar-refractivity contribution in [2.24, 2.45) is 0 Å². The molecule has 0 aliphatic rings. The van der Waals surface area contributed by atoms with E-state index in [1.807, 2.05) is 0 Å². The summed E-state index contributed by atoms with van der Waals surface area (Å²) < 4.78 is 121. The Balaban J connectivity index is 0.000000366. The molecule has 0 unspecified atom stereocenters. The highest BCUT2D eigenvalue weighted by atomic mass is 127. The van der Waals surface area contributed by atoms with E-state index in [1.165, 1.54) is 44.1 Å². The Morgan fingerprint density at radius 1 is 0.529 bits per heavy atom. The molecule has 0 atom stereocenters. The molecule has 0 saturated carbocycles. The molecular weight excluding hydrogens is 853 g/mol. The van der Waals surface area contributed by atoms with E-state index < -0.39 is 31.3 Å². The molecule has 0 saturated heterocycles. The third kappa shape index (κ3) is 12.9. The van der Waals surface area contributed by atoms with Crippen molar-refractivity contribution in [2.45, 2.75) is 46.0 Å². The van der Waals surface area contributed by atoms with Crippen molar-refractivity contribution < 1.29 is 73.5 Å². The van der Waals surface area contributed by atoms with Gasteiger partial charge in [0.2, 0.25) is 0 Å². The maximum absolute atomic E-state index is 10.7. The molecule has 0 fully saturated rings. The van der Waals surface area contributed by atoms with E-state index in [0.29, 0.717) is 0 Å². The molecule has 0 aromatic heterocycles. The number of benzene rings is 5. The first kappa shape index (κ1) is 42.0. The zero-order valence-electron chi connectivity index (χ0n) is 26.7. The normalized spacial score (nSPS) is 12.0. The first-order valence-corrected chi connectivity index (χ1v) is 20.6. The molecule has 0 radical (unpaired) electrons. The third-order valence-electron chi connectivity index (χ3n) is 6.63. The number of hydrogen-bond donors (Lipinski definition) is 0. The maximum atomic E-state index is 10.7. The molecule has 6 nitrogen and oxygen atoms in total. The van der Waals surface area contributed by atoms with Gasteiger partial charge in [0.1, 0.15) is 0 Å². The zero-order chi connectivity index (χ0) is 38.0. The maximum Gasteiger partial charge on any atom is 0.485 e. The van der Waals surface area contributed by atoms with E-state index in [4.69, 9.17) is 25.9 Å². The van der Waals surface area contributed by atoms with Gasteiger partial charge < -0.3 is 9.11 Å². The summed E-state index contributed by atoms with van der Waals surface area (Å²) in [5, 5.41) is 0. The van der Waals surface area contributed by atoms with Crippen molar-refractivity contribution in [3.63, 3.8) is 0 Å². The van der Waals surface area contributed by atoms with Crippen LogP contribution in [0.25, 0.3) is 0 Å². The molecule has 5 aromatic carbocycles. The molecule has 0 N–H and O–H groups in total. The smallest absolute Gasteiger partial charge is 0.485 e. The molecule has 0 bridgehead atoms. The summed E-state index contributed by atoms with van der Waals surface area (Å²) in [4.78, 5) is 4.19. The highest BCUT2D eigenvalue weighted by Crippen LogP contribution is 2.35. The number of alkyl halides is 6. The van der Waals surface area contributed by atoms with Gasteiger partial charge in [0.15, 0.2) is 42.1 Å². The fourth-order valence-corrected chi connectivity index (χ4v) is 8.77. The molecule has 0 amide bonds. The fourth-order valence-electron chi connectivity index (χ4n) is 4.19. The van der Waals surface area contributed by atoms with Crippen LogP contribution in [0.3, 0.4) is 0 Å². The standard InChI is InChI=1S/C33H29IS.2CHF3O3S/c1-25-10-6-8-14-32(25)35(33-15-9-7-11-26(33)2)31-22-18-28(19-23-31)24-27-16-20-30(21-17-27)34-29-12-4-3-5-13-29;2*2-1(3,4)8(5,6)7/h3-23H,24H2,1-2H3;2*(H,5,6,7)/q+2;;/p-2. The lowest BCUT2D eigenvalue weighted by molar-refractivity contribution is -0.597. The van der Waals surface area contributed by atoms with Crippen LogP contribution in [0.15, 0.2) is 142 Å². The first-order chi connectivity index (χ1) is 23.7. The van der Waals surface area contributed by atoms with Gasteiger partial charge in [0, 0.05) is 11.1 Å². The SMILES string of the molecule is Cc1ccccc1[S+](c1ccc(Cc2ccc([I+]c3ccccc3)cc2)cc1)c1ccccc1C.O=S(=O)([O-])C(F)(F)F.O=S(=O)([O-])C(F)(F)F. The van der Waals surface area contributed by atoms with Crippen molar-refractivity contribution in [3.05, 3.63) is 157 Å². The summed E-state index contributed by atoms with van der Waals surface area (Å²) >= 11 is -0.106. The molecule has 51 heavy (non-hydrogen) atoms. The van der Waals surface area contributed by atoms with Crippen molar-refractivity contribution in [1.82, 2.24) is 0 Å². The summed E-state index contributed by atoms with van der Waals surface area (Å²) in [6.45, 7) is 4.46. The fraction of sp³-hybridized carbons (Fsp3) is 0.143. The quantitative estimate of drug-likeness (QED) is 0.0729. The largest absolute Gasteiger partial charge is 0.741 e. The number of halogens is 7. The number of aryl methyl sites for hydroxylation is 2. The van der Waals surface area contributed by atoms with Gasteiger partial charge in [0.25, 0.3) is 0 Å². The van der Waals surface area contributed by atoms with Gasteiger partial charge in [-0.3, -0.25) is 0 Å². The van der Waals surface area contributed by atoms with Crippen molar-refractivity contribution in [2.75, 3.05) is 0 Å². The van der Waals surface area contributed by atoms with Crippen LogP contribution in [-0.2, 0) is 37.6 Å². The molecule has 16 heteroatoms. The topological polar surface area (TPSA) is 114 Å². The zero-order valence-corrected chi connectivity index (χ0v) is 31.3. The second-order valence-corrected chi connectivity index (χ2v) is 18.2. The number of hydrogen-bond acceptors (Lipinski definition) is 6. The predicted molar refractivity (Wildman–Crippen MR) is 176 cm³/mol. The van der Waals surface area contributed by atoms with E-state index >= 15 is 0 Å². The summed E-state index contributed by atoms with van der Waals surface area (Å²) in [5.74, 6) is 0. The average Bonchev–Trinajstić information content (AvgIpc) is 3.04. The van der Waals surface area contributed by atoms with Gasteiger partial charge in [-0.2, -0.15) is 26.3 Å². The third-order valence-corrected chi connectivity index (χ3v) is 13.0. The Morgan fingerprint density at radius 2 is 0.863 bits per heavy atom.